The van der Waals surface area contributed by atoms with E-state index in [1.807, 2.05) is 0 Å². The predicted molar refractivity (Wildman–Crippen MR) is 62.2 cm³/mol. The lowest BCUT2D eigenvalue weighted by molar-refractivity contribution is -0.122. The van der Waals surface area contributed by atoms with Crippen molar-refractivity contribution in [2.75, 3.05) is 26.2 Å². The number of hydrogen-bond acceptors (Lipinski definition) is 3. The fraction of sp³-hybridized carbons (Fsp3) is 0.917. The normalized spacial score (nSPS) is 30.2. The van der Waals surface area contributed by atoms with Crippen LogP contribution < -0.4 is 10.6 Å². The second-order valence-electron chi connectivity index (χ2n) is 4.86. The van der Waals surface area contributed by atoms with Gasteiger partial charge in [-0.25, -0.2) is 0 Å². The van der Waals surface area contributed by atoms with E-state index in [9.17, 15) is 4.79 Å². The minimum atomic E-state index is 0.183. The summed E-state index contributed by atoms with van der Waals surface area (Å²) in [7, 11) is 0. The first-order chi connectivity index (χ1) is 7.84. The molecule has 0 radical (unpaired) electrons. The molecule has 0 aromatic carbocycles. The molecule has 2 N–H and O–H groups in total. The minimum absolute atomic E-state index is 0.183. The number of rotatable bonds is 4. The van der Waals surface area contributed by atoms with Crippen LogP contribution in [0.3, 0.4) is 0 Å². The highest BCUT2D eigenvalue weighted by Crippen LogP contribution is 2.13. The fourth-order valence-electron chi connectivity index (χ4n) is 2.42. The molecule has 0 aromatic heterocycles. The van der Waals surface area contributed by atoms with Crippen molar-refractivity contribution >= 4 is 5.91 Å². The third-order valence-electron chi connectivity index (χ3n) is 3.44. The fourth-order valence-corrected chi connectivity index (χ4v) is 2.42. The molecule has 0 spiro atoms. The number of nitrogens with one attached hydrogen (secondary N) is 2. The molecule has 2 unspecified atom stereocenters. The van der Waals surface area contributed by atoms with Crippen molar-refractivity contribution in [3.63, 3.8) is 0 Å². The Bertz CT molecular complexity index is 221. The summed E-state index contributed by atoms with van der Waals surface area (Å²) in [4.78, 5) is 11.6. The van der Waals surface area contributed by atoms with Gasteiger partial charge in [-0.05, 0) is 44.7 Å². The highest BCUT2D eigenvalue weighted by molar-refractivity contribution is 5.76. The number of amides is 1. The highest BCUT2D eigenvalue weighted by atomic mass is 16.5. The van der Waals surface area contributed by atoms with Crippen molar-refractivity contribution in [1.29, 1.82) is 0 Å². The van der Waals surface area contributed by atoms with E-state index in [1.165, 1.54) is 6.42 Å². The maximum atomic E-state index is 11.6. The van der Waals surface area contributed by atoms with Crippen LogP contribution in [0.5, 0.6) is 0 Å². The second kappa shape index (κ2) is 6.21. The molecule has 1 amide bonds. The molecule has 2 fully saturated rings. The van der Waals surface area contributed by atoms with Crippen LogP contribution in [0.4, 0.5) is 0 Å². The summed E-state index contributed by atoms with van der Waals surface area (Å²) >= 11 is 0. The monoisotopic (exact) mass is 226 g/mol. The van der Waals surface area contributed by atoms with Crippen LogP contribution in [0.15, 0.2) is 0 Å². The van der Waals surface area contributed by atoms with Gasteiger partial charge < -0.3 is 15.4 Å². The van der Waals surface area contributed by atoms with Gasteiger partial charge in [-0.3, -0.25) is 4.79 Å². The van der Waals surface area contributed by atoms with Crippen LogP contribution in [-0.4, -0.2) is 38.3 Å². The first-order valence-corrected chi connectivity index (χ1v) is 6.43. The van der Waals surface area contributed by atoms with Gasteiger partial charge in [0, 0.05) is 19.6 Å². The Morgan fingerprint density at radius 1 is 1.38 bits per heavy atom. The molecule has 92 valence electrons. The van der Waals surface area contributed by atoms with Crippen LogP contribution >= 0.6 is 0 Å². The van der Waals surface area contributed by atoms with Gasteiger partial charge in [0.25, 0.3) is 0 Å². The Morgan fingerprint density at radius 3 is 3.00 bits per heavy atom. The predicted octanol–water partition coefficient (Wildman–Crippen LogP) is 0.671. The average molecular weight is 226 g/mol. The van der Waals surface area contributed by atoms with E-state index < -0.39 is 0 Å². The highest BCUT2D eigenvalue weighted by Gasteiger charge is 2.19. The van der Waals surface area contributed by atoms with E-state index in [1.54, 1.807) is 0 Å². The Labute approximate surface area is 97.1 Å². The SMILES string of the molecule is O=C(CC1CCNC1)NCC1CCCCO1. The van der Waals surface area contributed by atoms with E-state index in [0.717, 1.165) is 39.0 Å². The quantitative estimate of drug-likeness (QED) is 0.741. The number of carbonyl (C=O) groups excluding carboxylic acids is 1. The van der Waals surface area contributed by atoms with E-state index in [4.69, 9.17) is 4.74 Å². The summed E-state index contributed by atoms with van der Waals surface area (Å²) in [5.74, 6) is 0.718. The molecule has 0 saturated carbocycles. The Balaban J connectivity index is 1.59. The zero-order valence-electron chi connectivity index (χ0n) is 9.84. The van der Waals surface area contributed by atoms with Gasteiger partial charge in [-0.15, -0.1) is 0 Å². The maximum absolute atomic E-state index is 11.6. The van der Waals surface area contributed by atoms with E-state index in [2.05, 4.69) is 10.6 Å². The van der Waals surface area contributed by atoms with Gasteiger partial charge >= 0.3 is 0 Å². The van der Waals surface area contributed by atoms with Crippen molar-refractivity contribution in [2.24, 2.45) is 5.92 Å². The molecule has 2 saturated heterocycles. The zero-order chi connectivity index (χ0) is 11.2. The summed E-state index contributed by atoms with van der Waals surface area (Å²) in [5, 5.41) is 6.27. The van der Waals surface area contributed by atoms with Gasteiger partial charge in [-0.2, -0.15) is 0 Å². The topological polar surface area (TPSA) is 50.4 Å². The van der Waals surface area contributed by atoms with E-state index in [0.29, 0.717) is 18.9 Å². The molecule has 2 atom stereocenters. The molecular formula is C12H22N2O2. The molecule has 0 aromatic rings. The lowest BCUT2D eigenvalue weighted by Crippen LogP contribution is -2.36. The average Bonchev–Trinajstić information content (AvgIpc) is 2.81. The third kappa shape index (κ3) is 3.76. The van der Waals surface area contributed by atoms with Crippen LogP contribution in [0.2, 0.25) is 0 Å². The summed E-state index contributed by atoms with van der Waals surface area (Å²) < 4.78 is 5.57. The standard InChI is InChI=1S/C12H22N2O2/c15-12(7-10-4-5-13-8-10)14-9-11-3-1-2-6-16-11/h10-11,13H,1-9H2,(H,14,15). The summed E-state index contributed by atoms with van der Waals surface area (Å²) in [6.45, 7) is 3.60. The van der Waals surface area contributed by atoms with Crippen LogP contribution in [-0.2, 0) is 9.53 Å². The van der Waals surface area contributed by atoms with Gasteiger partial charge in [0.05, 0.1) is 6.10 Å². The van der Waals surface area contributed by atoms with Crippen molar-refractivity contribution in [2.45, 2.75) is 38.2 Å². The van der Waals surface area contributed by atoms with Crippen molar-refractivity contribution < 1.29 is 9.53 Å². The Kier molecular flexibility index (Phi) is 4.60. The Morgan fingerprint density at radius 2 is 2.31 bits per heavy atom. The first-order valence-electron chi connectivity index (χ1n) is 6.43. The van der Waals surface area contributed by atoms with Crippen molar-refractivity contribution in [1.82, 2.24) is 10.6 Å². The van der Waals surface area contributed by atoms with Gasteiger partial charge in [0.2, 0.25) is 5.91 Å². The van der Waals surface area contributed by atoms with E-state index in [-0.39, 0.29) is 12.0 Å². The molecule has 2 aliphatic heterocycles. The maximum Gasteiger partial charge on any atom is 0.220 e. The number of ether oxygens (including phenoxy) is 1. The molecule has 16 heavy (non-hydrogen) atoms. The van der Waals surface area contributed by atoms with Crippen molar-refractivity contribution in [3.05, 3.63) is 0 Å². The lowest BCUT2D eigenvalue weighted by atomic mass is 10.0. The zero-order valence-corrected chi connectivity index (χ0v) is 9.84. The second-order valence-corrected chi connectivity index (χ2v) is 4.86. The van der Waals surface area contributed by atoms with Gasteiger partial charge in [0.15, 0.2) is 0 Å². The van der Waals surface area contributed by atoms with Gasteiger partial charge in [-0.1, -0.05) is 0 Å². The smallest absolute Gasteiger partial charge is 0.220 e. The molecule has 0 bridgehead atoms. The molecule has 2 heterocycles. The largest absolute Gasteiger partial charge is 0.376 e. The Hall–Kier alpha value is -0.610. The lowest BCUT2D eigenvalue weighted by Gasteiger charge is -2.23. The molecule has 0 aliphatic carbocycles. The summed E-state index contributed by atoms with van der Waals surface area (Å²) in [6.07, 6.45) is 5.53. The number of hydrogen-bond donors (Lipinski definition) is 2. The van der Waals surface area contributed by atoms with Crippen molar-refractivity contribution in [3.8, 4) is 0 Å². The van der Waals surface area contributed by atoms with Crippen LogP contribution in [0.1, 0.15) is 32.1 Å². The van der Waals surface area contributed by atoms with E-state index >= 15 is 0 Å². The summed E-state index contributed by atoms with van der Waals surface area (Å²) in [6, 6.07) is 0. The molecule has 2 aliphatic rings. The molecule has 4 nitrogen and oxygen atoms in total. The third-order valence-corrected chi connectivity index (χ3v) is 3.44. The molecular weight excluding hydrogens is 204 g/mol. The molecule has 2 rings (SSSR count). The summed E-state index contributed by atoms with van der Waals surface area (Å²) in [5.41, 5.74) is 0. The van der Waals surface area contributed by atoms with Gasteiger partial charge in [0.1, 0.15) is 0 Å². The molecule has 4 heteroatoms. The number of carbonyl (C=O) groups is 1. The first kappa shape index (κ1) is 11.9. The van der Waals surface area contributed by atoms with Crippen LogP contribution in [0.25, 0.3) is 0 Å². The van der Waals surface area contributed by atoms with Crippen LogP contribution in [0, 0.1) is 5.92 Å². The minimum Gasteiger partial charge on any atom is -0.376 e.